The predicted molar refractivity (Wildman–Crippen MR) is 75.5 cm³/mol. The lowest BCUT2D eigenvalue weighted by Crippen LogP contribution is -2.53. The summed E-state index contributed by atoms with van der Waals surface area (Å²) in [5, 5.41) is 10.6. The van der Waals surface area contributed by atoms with Crippen molar-refractivity contribution >= 4 is 15.9 Å². The molecule has 5 heteroatoms. The number of benzene rings is 1. The average molecular weight is 332 g/mol. The number of hydrogen-bond donors (Lipinski definition) is 1. The first-order valence-electron chi connectivity index (χ1n) is 6.38. The third-order valence-corrected chi connectivity index (χ3v) is 4.24. The summed E-state index contributed by atoms with van der Waals surface area (Å²) in [4.78, 5) is 2.14. The Bertz CT molecular complexity index is 447. The minimum Gasteiger partial charge on any atom is -0.386 e. The Morgan fingerprint density at radius 3 is 2.63 bits per heavy atom. The number of aliphatic hydroxyl groups excluding tert-OH is 1. The van der Waals surface area contributed by atoms with Gasteiger partial charge in [-0.2, -0.15) is 0 Å². The van der Waals surface area contributed by atoms with Gasteiger partial charge in [-0.15, -0.1) is 0 Å². The molecule has 0 aromatic heterocycles. The molecule has 1 unspecified atom stereocenters. The molecule has 106 valence electrons. The first-order valence-corrected chi connectivity index (χ1v) is 7.18. The molecule has 1 aliphatic rings. The molecule has 1 aromatic carbocycles. The van der Waals surface area contributed by atoms with Crippen molar-refractivity contribution in [2.45, 2.75) is 25.5 Å². The number of rotatable bonds is 3. The fourth-order valence-electron chi connectivity index (χ4n) is 2.42. The van der Waals surface area contributed by atoms with E-state index in [4.69, 9.17) is 4.74 Å². The van der Waals surface area contributed by atoms with E-state index in [1.54, 1.807) is 12.1 Å². The molecule has 1 N–H and O–H groups in total. The van der Waals surface area contributed by atoms with E-state index < -0.39 is 11.6 Å². The summed E-state index contributed by atoms with van der Waals surface area (Å²) in [5.41, 5.74) is -0.211. The second kappa shape index (κ2) is 5.87. The van der Waals surface area contributed by atoms with E-state index >= 15 is 0 Å². The molecule has 0 spiro atoms. The maximum Gasteiger partial charge on any atom is 0.129 e. The monoisotopic (exact) mass is 331 g/mol. The quantitative estimate of drug-likeness (QED) is 0.924. The van der Waals surface area contributed by atoms with Crippen LogP contribution >= 0.6 is 15.9 Å². The maximum absolute atomic E-state index is 13.9. The molecule has 1 atom stereocenters. The minimum absolute atomic E-state index is 0.325. The van der Waals surface area contributed by atoms with Crippen LogP contribution in [0, 0.1) is 5.82 Å². The summed E-state index contributed by atoms with van der Waals surface area (Å²) in [7, 11) is 0. The lowest BCUT2D eigenvalue weighted by atomic mass is 9.89. The zero-order valence-electron chi connectivity index (χ0n) is 11.2. The molecule has 0 aliphatic carbocycles. The molecule has 0 amide bonds. The van der Waals surface area contributed by atoms with Gasteiger partial charge in [0, 0.05) is 28.7 Å². The second-order valence-corrected chi connectivity index (χ2v) is 6.24. The van der Waals surface area contributed by atoms with Gasteiger partial charge in [0.2, 0.25) is 0 Å². The zero-order valence-corrected chi connectivity index (χ0v) is 12.8. The van der Waals surface area contributed by atoms with Gasteiger partial charge in [-0.25, -0.2) is 4.39 Å². The van der Waals surface area contributed by atoms with Crippen LogP contribution in [0.2, 0.25) is 0 Å². The molecule has 3 nitrogen and oxygen atoms in total. The molecule has 1 heterocycles. The lowest BCUT2D eigenvalue weighted by molar-refractivity contribution is -0.0639. The zero-order chi connectivity index (χ0) is 14.0. The topological polar surface area (TPSA) is 32.7 Å². The number of hydrogen-bond acceptors (Lipinski definition) is 3. The van der Waals surface area contributed by atoms with Gasteiger partial charge in [-0.3, -0.25) is 4.90 Å². The van der Waals surface area contributed by atoms with Gasteiger partial charge in [0.1, 0.15) is 5.82 Å². The molecule has 1 fully saturated rings. The van der Waals surface area contributed by atoms with Gasteiger partial charge in [-0.05, 0) is 32.0 Å². The highest BCUT2D eigenvalue weighted by molar-refractivity contribution is 9.10. The molecule has 1 saturated heterocycles. The standard InChI is InChI=1S/C14H19BrFNO2/c1-14(2,17-5-7-19-8-6-17)13(18)11-9-10(15)3-4-12(11)16/h3-4,9,13,18H,5-8H2,1-2H3. The maximum atomic E-state index is 13.9. The number of morpholine rings is 1. The molecule has 19 heavy (non-hydrogen) atoms. The Morgan fingerprint density at radius 2 is 2.00 bits per heavy atom. The number of nitrogens with zero attached hydrogens (tertiary/aromatic N) is 1. The van der Waals surface area contributed by atoms with Crippen LogP contribution in [0.3, 0.4) is 0 Å². The summed E-state index contributed by atoms with van der Waals surface area (Å²) in [6.07, 6.45) is -0.886. The van der Waals surface area contributed by atoms with E-state index in [9.17, 15) is 9.50 Å². The lowest BCUT2D eigenvalue weighted by Gasteiger charge is -2.43. The number of aliphatic hydroxyl groups is 1. The van der Waals surface area contributed by atoms with Gasteiger partial charge in [-0.1, -0.05) is 15.9 Å². The van der Waals surface area contributed by atoms with E-state index in [1.165, 1.54) is 6.07 Å². The van der Waals surface area contributed by atoms with Crippen molar-refractivity contribution in [3.63, 3.8) is 0 Å². The van der Waals surface area contributed by atoms with Crippen molar-refractivity contribution in [1.82, 2.24) is 4.90 Å². The molecule has 1 aliphatic heterocycles. The first-order chi connectivity index (χ1) is 8.93. The summed E-state index contributed by atoms with van der Waals surface area (Å²) in [5.74, 6) is -0.378. The van der Waals surface area contributed by atoms with E-state index in [0.29, 0.717) is 18.8 Å². The smallest absolute Gasteiger partial charge is 0.129 e. The fraction of sp³-hybridized carbons (Fsp3) is 0.571. The van der Waals surface area contributed by atoms with Crippen molar-refractivity contribution in [3.8, 4) is 0 Å². The van der Waals surface area contributed by atoms with Crippen molar-refractivity contribution in [1.29, 1.82) is 0 Å². The average Bonchev–Trinajstić information content (AvgIpc) is 2.41. The summed E-state index contributed by atoms with van der Waals surface area (Å²) < 4.78 is 20.0. The SMILES string of the molecule is CC(C)(C(O)c1cc(Br)ccc1F)N1CCOCC1. The van der Waals surface area contributed by atoms with Gasteiger partial charge in [0.25, 0.3) is 0 Å². The Hall–Kier alpha value is -0.490. The van der Waals surface area contributed by atoms with Crippen LogP contribution in [0.15, 0.2) is 22.7 Å². The molecule has 0 radical (unpaired) electrons. The van der Waals surface area contributed by atoms with Crippen LogP contribution in [-0.4, -0.2) is 41.8 Å². The number of ether oxygens (including phenoxy) is 1. The highest BCUT2D eigenvalue weighted by atomic mass is 79.9. The van der Waals surface area contributed by atoms with Crippen LogP contribution in [0.5, 0.6) is 0 Å². The summed E-state index contributed by atoms with van der Waals surface area (Å²) in [6, 6.07) is 4.65. The molecule has 0 bridgehead atoms. The Balaban J connectivity index is 2.25. The van der Waals surface area contributed by atoms with Crippen molar-refractivity contribution in [2.24, 2.45) is 0 Å². The predicted octanol–water partition coefficient (Wildman–Crippen LogP) is 2.73. The molecule has 0 saturated carbocycles. The second-order valence-electron chi connectivity index (χ2n) is 5.32. The molecular weight excluding hydrogens is 313 g/mol. The van der Waals surface area contributed by atoms with Gasteiger partial charge >= 0.3 is 0 Å². The van der Waals surface area contributed by atoms with Crippen LogP contribution in [0.25, 0.3) is 0 Å². The van der Waals surface area contributed by atoms with Crippen LogP contribution < -0.4 is 0 Å². The van der Waals surface area contributed by atoms with Crippen molar-refractivity contribution < 1.29 is 14.2 Å². The third kappa shape index (κ3) is 3.16. The Kier molecular flexibility index (Phi) is 4.61. The van der Waals surface area contributed by atoms with Gasteiger partial charge < -0.3 is 9.84 Å². The molecule has 1 aromatic rings. The van der Waals surface area contributed by atoms with Crippen LogP contribution in [0.4, 0.5) is 4.39 Å². The highest BCUT2D eigenvalue weighted by Crippen LogP contribution is 2.34. The van der Waals surface area contributed by atoms with Gasteiger partial charge in [0.15, 0.2) is 0 Å². The Morgan fingerprint density at radius 1 is 1.37 bits per heavy atom. The van der Waals surface area contributed by atoms with Crippen molar-refractivity contribution in [2.75, 3.05) is 26.3 Å². The van der Waals surface area contributed by atoms with E-state index in [2.05, 4.69) is 20.8 Å². The van der Waals surface area contributed by atoms with Crippen LogP contribution in [0.1, 0.15) is 25.5 Å². The molecule has 2 rings (SSSR count). The normalized spacial score (nSPS) is 19.4. The van der Waals surface area contributed by atoms with E-state index in [0.717, 1.165) is 17.6 Å². The summed E-state index contributed by atoms with van der Waals surface area (Å²) >= 11 is 3.32. The minimum atomic E-state index is -0.886. The van der Waals surface area contributed by atoms with Crippen LogP contribution in [-0.2, 0) is 4.74 Å². The summed E-state index contributed by atoms with van der Waals surface area (Å²) in [6.45, 7) is 6.67. The largest absolute Gasteiger partial charge is 0.386 e. The van der Waals surface area contributed by atoms with E-state index in [1.807, 2.05) is 13.8 Å². The van der Waals surface area contributed by atoms with Gasteiger partial charge in [0.05, 0.1) is 19.3 Å². The van der Waals surface area contributed by atoms with Crippen molar-refractivity contribution in [3.05, 3.63) is 34.1 Å². The first kappa shape index (κ1) is 14.9. The Labute approximate surface area is 121 Å². The van der Waals surface area contributed by atoms with E-state index in [-0.39, 0.29) is 5.82 Å². The number of halogens is 2. The molecular formula is C14H19BrFNO2. The highest BCUT2D eigenvalue weighted by Gasteiger charge is 2.37. The third-order valence-electron chi connectivity index (χ3n) is 3.75. The fourth-order valence-corrected chi connectivity index (χ4v) is 2.80.